The van der Waals surface area contributed by atoms with E-state index in [9.17, 15) is 9.59 Å². The third kappa shape index (κ3) is 4.65. The molecular weight excluding hydrogens is 287 g/mol. The minimum absolute atomic E-state index is 0.0504. The first-order chi connectivity index (χ1) is 8.35. The molecule has 2 rings (SSSR count). The number of hydrogen-bond donors (Lipinski definition) is 1. The average molecular weight is 302 g/mol. The van der Waals surface area contributed by atoms with Gasteiger partial charge in [0.25, 0.3) is 0 Å². The number of carbonyl (C=O) groups is 2. The normalized spacial score (nSPS) is 16.6. The molecule has 1 aliphatic rings. The first-order valence-corrected chi connectivity index (χ1v) is 10.2. The van der Waals surface area contributed by atoms with Gasteiger partial charge in [-0.05, 0) is 12.4 Å². The molecule has 1 aliphatic carbocycles. The molecule has 1 unspecified atom stereocenters. The van der Waals surface area contributed by atoms with Crippen LogP contribution in [0.25, 0.3) is 0 Å². The van der Waals surface area contributed by atoms with Gasteiger partial charge in [-0.1, -0.05) is 54.4 Å². The highest BCUT2D eigenvalue weighted by atomic mass is 32.9. The maximum Gasteiger partial charge on any atom is 0.171 e. The third-order valence-corrected chi connectivity index (χ3v) is 6.12. The zero-order chi connectivity index (χ0) is 13.8. The highest BCUT2D eigenvalue weighted by Crippen LogP contribution is 2.50. The third-order valence-electron chi connectivity index (χ3n) is 2.22. The lowest BCUT2D eigenvalue weighted by Gasteiger charge is -2.02. The topological polar surface area (TPSA) is 54.4 Å². The Bertz CT molecular complexity index is 475. The van der Waals surface area contributed by atoms with E-state index < -0.39 is 5.47 Å². The minimum Gasteiger partial charge on any atom is -0.357 e. The standard InChI is InChI=1S/C9H6O2.C3H9OPS2/c10-8-5-9(11)7-4-2-1-3-6(7)8;1-3-7-5(2,4)6/h1-4H,5H2;3H2,1-2H3,(H,4,6). The summed E-state index contributed by atoms with van der Waals surface area (Å²) in [7, 11) is 0. The van der Waals surface area contributed by atoms with Crippen LogP contribution in [0.5, 0.6) is 0 Å². The van der Waals surface area contributed by atoms with E-state index in [1.807, 2.05) is 6.92 Å². The van der Waals surface area contributed by atoms with E-state index in [4.69, 9.17) is 16.7 Å². The Balaban J connectivity index is 0.000000203. The molecule has 0 bridgehead atoms. The summed E-state index contributed by atoms with van der Waals surface area (Å²) in [5.41, 5.74) is -0.754. The Morgan fingerprint density at radius 3 is 2.00 bits per heavy atom. The summed E-state index contributed by atoms with van der Waals surface area (Å²) in [5.74, 6) is 0.820. The number of fused-ring (bicyclic) bond motifs is 1. The van der Waals surface area contributed by atoms with Crippen molar-refractivity contribution >= 4 is 40.2 Å². The van der Waals surface area contributed by atoms with Gasteiger partial charge in [-0.3, -0.25) is 9.59 Å². The van der Waals surface area contributed by atoms with Crippen molar-refractivity contribution < 1.29 is 14.5 Å². The second-order valence-corrected chi connectivity index (χ2v) is 12.0. The van der Waals surface area contributed by atoms with E-state index in [1.165, 1.54) is 11.4 Å². The van der Waals surface area contributed by atoms with E-state index in [0.717, 1.165) is 5.75 Å². The molecule has 0 fully saturated rings. The Kier molecular flexibility index (Phi) is 5.73. The molecular formula is C12H15O3PS2. The summed E-state index contributed by atoms with van der Waals surface area (Å²) in [6, 6.07) is 6.94. The largest absolute Gasteiger partial charge is 0.357 e. The number of hydrogen-bond acceptors (Lipinski definition) is 4. The Morgan fingerprint density at radius 2 is 1.72 bits per heavy atom. The maximum absolute atomic E-state index is 11.1. The molecule has 6 heteroatoms. The second-order valence-electron chi connectivity index (χ2n) is 3.79. The fourth-order valence-corrected chi connectivity index (χ4v) is 4.41. The molecule has 98 valence electrons. The summed E-state index contributed by atoms with van der Waals surface area (Å²) in [6.45, 7) is 3.71. The quantitative estimate of drug-likeness (QED) is 0.672. The van der Waals surface area contributed by atoms with E-state index in [0.29, 0.717) is 11.1 Å². The minimum atomic E-state index is -1.92. The van der Waals surface area contributed by atoms with Crippen molar-refractivity contribution in [1.29, 1.82) is 0 Å². The maximum atomic E-state index is 11.1. The number of benzene rings is 1. The van der Waals surface area contributed by atoms with Gasteiger partial charge in [0.2, 0.25) is 0 Å². The van der Waals surface area contributed by atoms with Crippen LogP contribution in [-0.4, -0.2) is 28.9 Å². The second kappa shape index (κ2) is 6.62. The highest BCUT2D eigenvalue weighted by molar-refractivity contribution is 8.68. The molecule has 3 nitrogen and oxygen atoms in total. The molecule has 1 N–H and O–H groups in total. The van der Waals surface area contributed by atoms with E-state index in [-0.39, 0.29) is 18.0 Å². The predicted octanol–water partition coefficient (Wildman–Crippen LogP) is 3.13. The Labute approximate surface area is 116 Å². The molecule has 0 amide bonds. The lowest BCUT2D eigenvalue weighted by molar-refractivity contribution is 0.0923. The fourth-order valence-electron chi connectivity index (χ4n) is 1.55. The Morgan fingerprint density at radius 1 is 1.28 bits per heavy atom. The van der Waals surface area contributed by atoms with Crippen molar-refractivity contribution in [3.05, 3.63) is 35.4 Å². The molecule has 0 saturated heterocycles. The van der Waals surface area contributed by atoms with Crippen LogP contribution in [0.1, 0.15) is 34.1 Å². The van der Waals surface area contributed by atoms with Crippen LogP contribution in [0, 0.1) is 0 Å². The van der Waals surface area contributed by atoms with Crippen molar-refractivity contribution in [2.24, 2.45) is 0 Å². The van der Waals surface area contributed by atoms with E-state index in [2.05, 4.69) is 0 Å². The van der Waals surface area contributed by atoms with Gasteiger partial charge in [-0.2, -0.15) is 0 Å². The van der Waals surface area contributed by atoms with Crippen molar-refractivity contribution in [1.82, 2.24) is 0 Å². The molecule has 0 saturated carbocycles. The molecule has 0 spiro atoms. The van der Waals surface area contributed by atoms with Crippen LogP contribution in [0.4, 0.5) is 0 Å². The summed E-state index contributed by atoms with van der Waals surface area (Å²) in [4.78, 5) is 31.0. The van der Waals surface area contributed by atoms with Crippen LogP contribution >= 0.6 is 16.8 Å². The lowest BCUT2D eigenvalue weighted by atomic mass is 10.1. The SMILES string of the molecule is CCSP(C)(O)=S.O=C1CC(=O)c2ccccc21. The molecule has 1 aromatic rings. The van der Waals surface area contributed by atoms with Crippen molar-refractivity contribution in [2.75, 3.05) is 12.4 Å². The molecule has 18 heavy (non-hydrogen) atoms. The van der Waals surface area contributed by atoms with Gasteiger partial charge in [-0.15, -0.1) is 0 Å². The zero-order valence-electron chi connectivity index (χ0n) is 10.3. The number of rotatable bonds is 2. The highest BCUT2D eigenvalue weighted by Gasteiger charge is 2.25. The summed E-state index contributed by atoms with van der Waals surface area (Å²) in [6.07, 6.45) is 0.0549. The van der Waals surface area contributed by atoms with Crippen LogP contribution < -0.4 is 0 Å². The summed E-state index contributed by atoms with van der Waals surface area (Å²) in [5, 5.41) is 0. The van der Waals surface area contributed by atoms with Gasteiger partial charge in [-0.25, -0.2) is 0 Å². The fraction of sp³-hybridized carbons (Fsp3) is 0.333. The van der Waals surface area contributed by atoms with Crippen LogP contribution in [-0.2, 0) is 11.8 Å². The molecule has 1 aromatic carbocycles. The predicted molar refractivity (Wildman–Crippen MR) is 80.3 cm³/mol. The summed E-state index contributed by atoms with van der Waals surface area (Å²) < 4.78 is 0. The molecule has 1 atom stereocenters. The van der Waals surface area contributed by atoms with Crippen molar-refractivity contribution in [3.63, 3.8) is 0 Å². The smallest absolute Gasteiger partial charge is 0.171 e. The van der Waals surface area contributed by atoms with Crippen molar-refractivity contribution in [2.45, 2.75) is 13.3 Å². The number of Topliss-reactive ketones (excluding diaryl/α,β-unsaturated/α-hetero) is 2. The molecule has 0 heterocycles. The van der Waals surface area contributed by atoms with Gasteiger partial charge >= 0.3 is 0 Å². The summed E-state index contributed by atoms with van der Waals surface area (Å²) >= 11 is 6.18. The van der Waals surface area contributed by atoms with Gasteiger partial charge in [0.15, 0.2) is 11.6 Å². The van der Waals surface area contributed by atoms with Crippen LogP contribution in [0.2, 0.25) is 0 Å². The van der Waals surface area contributed by atoms with E-state index in [1.54, 1.807) is 30.9 Å². The first kappa shape index (κ1) is 15.6. The van der Waals surface area contributed by atoms with Crippen LogP contribution in [0.3, 0.4) is 0 Å². The molecule has 0 radical (unpaired) electrons. The molecule has 0 aliphatic heterocycles. The van der Waals surface area contributed by atoms with Crippen molar-refractivity contribution in [3.8, 4) is 0 Å². The van der Waals surface area contributed by atoms with E-state index >= 15 is 0 Å². The van der Waals surface area contributed by atoms with Gasteiger partial charge in [0.1, 0.15) is 5.47 Å². The van der Waals surface area contributed by atoms with Crippen LogP contribution in [0.15, 0.2) is 24.3 Å². The zero-order valence-corrected chi connectivity index (χ0v) is 12.8. The van der Waals surface area contributed by atoms with Gasteiger partial charge < -0.3 is 4.89 Å². The monoisotopic (exact) mass is 302 g/mol. The Hall–Kier alpha value is -0.480. The first-order valence-electron chi connectivity index (χ1n) is 5.45. The number of carbonyl (C=O) groups excluding carboxylic acids is 2. The van der Waals surface area contributed by atoms with Gasteiger partial charge in [0, 0.05) is 11.1 Å². The number of ketones is 2. The average Bonchev–Trinajstić information content (AvgIpc) is 2.55. The lowest BCUT2D eigenvalue weighted by Crippen LogP contribution is -1.90. The van der Waals surface area contributed by atoms with Gasteiger partial charge in [0.05, 0.1) is 6.42 Å². The molecule has 0 aromatic heterocycles.